The Morgan fingerprint density at radius 2 is 1.65 bits per heavy atom. The Morgan fingerprint density at radius 3 is 2.33 bits per heavy atom. The van der Waals surface area contributed by atoms with Gasteiger partial charge in [-0.1, -0.05) is 70.3 Å². The molecule has 3 N–H and O–H groups in total. The number of hydrogen-bond donors (Lipinski definition) is 3. The lowest BCUT2D eigenvalue weighted by molar-refractivity contribution is -0.274. The second-order valence-electron chi connectivity index (χ2n) is 13.3. The van der Waals surface area contributed by atoms with Crippen LogP contribution < -0.4 is 15.4 Å². The fraction of sp³-hybridized carbons (Fsp3) is 0.676. The smallest absolute Gasteiger partial charge is 0.406 e. The van der Waals surface area contributed by atoms with Gasteiger partial charge in [0.1, 0.15) is 11.4 Å². The number of halogens is 3. The van der Waals surface area contributed by atoms with Crippen molar-refractivity contribution in [3.63, 3.8) is 0 Å². The standard InChI is InChI=1S/C34H49F3N4O4S/c35-34(36,37)45-27-13-11-14-28(24-27)46(43,44)41-22-16-26(17-23-41)12-7-10-20-38-32(42)31-25-29-30(40-31)15-21-39-33(29)18-8-5-3-1-2-4-6-9-19-33/h11,13-14,24-26,39-40H,1-10,12,15-23H2,(H,38,42). The topological polar surface area (TPSA) is 104 Å². The molecule has 2 aliphatic heterocycles. The lowest BCUT2D eigenvalue weighted by atomic mass is 9.78. The number of fused-ring (bicyclic) bond motifs is 2. The molecule has 1 saturated heterocycles. The number of benzene rings is 1. The summed E-state index contributed by atoms with van der Waals surface area (Å²) >= 11 is 0. The minimum atomic E-state index is -4.89. The number of aromatic amines is 1. The Balaban J connectivity index is 1.05. The highest BCUT2D eigenvalue weighted by atomic mass is 32.2. The normalized spacial score (nSPS) is 20.5. The fourth-order valence-corrected chi connectivity index (χ4v) is 9.03. The molecular formula is C34H49F3N4O4S. The summed E-state index contributed by atoms with van der Waals surface area (Å²) in [5, 5.41) is 6.96. The zero-order chi connectivity index (χ0) is 32.6. The van der Waals surface area contributed by atoms with Crippen molar-refractivity contribution >= 4 is 15.9 Å². The first-order chi connectivity index (χ1) is 22.1. The quantitative estimate of drug-likeness (QED) is 0.246. The molecule has 3 aliphatic rings. The van der Waals surface area contributed by atoms with Crippen molar-refractivity contribution in [2.24, 2.45) is 5.92 Å². The molecule has 1 amide bonds. The lowest BCUT2D eigenvalue weighted by Gasteiger charge is -2.39. The third-order valence-electron chi connectivity index (χ3n) is 10.0. The van der Waals surface area contributed by atoms with Crippen molar-refractivity contribution in [3.8, 4) is 5.75 Å². The van der Waals surface area contributed by atoms with E-state index in [-0.39, 0.29) is 16.3 Å². The van der Waals surface area contributed by atoms with Crippen molar-refractivity contribution in [2.75, 3.05) is 26.2 Å². The summed E-state index contributed by atoms with van der Waals surface area (Å²) in [7, 11) is -3.92. The summed E-state index contributed by atoms with van der Waals surface area (Å²) in [5.74, 6) is -0.254. The number of aromatic nitrogens is 1. The van der Waals surface area contributed by atoms with Gasteiger partial charge in [-0.2, -0.15) is 4.31 Å². The molecule has 0 atom stereocenters. The van der Waals surface area contributed by atoms with Crippen molar-refractivity contribution in [1.29, 1.82) is 0 Å². The molecule has 1 saturated carbocycles. The molecule has 1 aromatic heterocycles. The number of nitrogens with one attached hydrogen (secondary N) is 3. The van der Waals surface area contributed by atoms with E-state index < -0.39 is 22.1 Å². The van der Waals surface area contributed by atoms with Gasteiger partial charge < -0.3 is 20.4 Å². The molecular weight excluding hydrogens is 617 g/mol. The maximum atomic E-state index is 13.1. The van der Waals surface area contributed by atoms with Crippen LogP contribution in [0.3, 0.4) is 0 Å². The number of ether oxygens (including phenoxy) is 1. The second-order valence-corrected chi connectivity index (χ2v) is 15.2. The molecule has 46 heavy (non-hydrogen) atoms. The molecule has 256 valence electrons. The van der Waals surface area contributed by atoms with E-state index >= 15 is 0 Å². The summed E-state index contributed by atoms with van der Waals surface area (Å²) in [5.41, 5.74) is 3.10. The van der Waals surface area contributed by atoms with Crippen molar-refractivity contribution in [2.45, 2.75) is 120 Å². The first kappa shape index (κ1) is 34.8. The van der Waals surface area contributed by atoms with Gasteiger partial charge in [0.15, 0.2) is 0 Å². The van der Waals surface area contributed by atoms with Gasteiger partial charge in [-0.15, -0.1) is 13.2 Å². The SMILES string of the molecule is O=C(NCCCCC1CCN(S(=O)(=O)c2cccc(OC(F)(F)F)c2)CC1)c1cc2c([nH]1)CCNC21CCCCCCCCCC1. The average Bonchev–Trinajstić information content (AvgIpc) is 3.45. The second kappa shape index (κ2) is 15.6. The predicted molar refractivity (Wildman–Crippen MR) is 171 cm³/mol. The van der Waals surface area contributed by atoms with Gasteiger partial charge in [0.05, 0.1) is 4.90 Å². The van der Waals surface area contributed by atoms with Crippen molar-refractivity contribution in [3.05, 3.63) is 47.3 Å². The first-order valence-electron chi connectivity index (χ1n) is 17.2. The number of unbranched alkanes of at least 4 members (excludes halogenated alkanes) is 1. The van der Waals surface area contributed by atoms with Crippen molar-refractivity contribution in [1.82, 2.24) is 19.9 Å². The highest BCUT2D eigenvalue weighted by molar-refractivity contribution is 7.89. The van der Waals surface area contributed by atoms with Crippen LogP contribution in [0.5, 0.6) is 5.75 Å². The number of alkyl halides is 3. The van der Waals surface area contributed by atoms with Crippen LogP contribution in [0.2, 0.25) is 0 Å². The monoisotopic (exact) mass is 666 g/mol. The van der Waals surface area contributed by atoms with Crippen LogP contribution in [0.1, 0.15) is 118 Å². The molecule has 2 aromatic rings. The molecule has 0 unspecified atom stereocenters. The van der Waals surface area contributed by atoms with Gasteiger partial charge >= 0.3 is 6.36 Å². The van der Waals surface area contributed by atoms with Crippen molar-refractivity contribution < 1.29 is 31.1 Å². The van der Waals surface area contributed by atoms with Crippen LogP contribution >= 0.6 is 0 Å². The Bertz CT molecular complexity index is 1390. The summed E-state index contributed by atoms with van der Waals surface area (Å²) in [6.07, 6.45) is 12.6. The van der Waals surface area contributed by atoms with Crippen LogP contribution in [0.15, 0.2) is 35.2 Å². The zero-order valence-electron chi connectivity index (χ0n) is 26.7. The molecule has 2 fully saturated rings. The number of sulfonamides is 1. The number of carbonyl (C=O) groups excluding carboxylic acids is 1. The molecule has 3 heterocycles. The average molecular weight is 667 g/mol. The number of carbonyl (C=O) groups is 1. The van der Waals surface area contributed by atoms with Gasteiger partial charge in [0, 0.05) is 49.9 Å². The third kappa shape index (κ3) is 9.07. The van der Waals surface area contributed by atoms with Gasteiger partial charge in [-0.25, -0.2) is 8.42 Å². The van der Waals surface area contributed by atoms with Gasteiger partial charge in [-0.3, -0.25) is 4.79 Å². The Morgan fingerprint density at radius 1 is 0.978 bits per heavy atom. The Hall–Kier alpha value is -2.57. The zero-order valence-corrected chi connectivity index (χ0v) is 27.5. The Labute approximate surface area is 271 Å². The predicted octanol–water partition coefficient (Wildman–Crippen LogP) is 7.17. The molecule has 8 nitrogen and oxygen atoms in total. The summed E-state index contributed by atoms with van der Waals surface area (Å²) in [6.45, 7) is 2.16. The van der Waals surface area contributed by atoms with E-state index in [1.807, 2.05) is 0 Å². The maximum Gasteiger partial charge on any atom is 0.573 e. The highest BCUT2D eigenvalue weighted by Crippen LogP contribution is 2.39. The van der Waals surface area contributed by atoms with Crippen LogP contribution in [0.4, 0.5) is 13.2 Å². The molecule has 1 aliphatic carbocycles. The van der Waals surface area contributed by atoms with Crippen LogP contribution in [0, 0.1) is 5.92 Å². The molecule has 0 radical (unpaired) electrons. The van der Waals surface area contributed by atoms with Crippen LogP contribution in [0.25, 0.3) is 0 Å². The fourth-order valence-electron chi connectivity index (χ4n) is 7.53. The number of rotatable bonds is 9. The third-order valence-corrected chi connectivity index (χ3v) is 11.9. The maximum absolute atomic E-state index is 13.1. The number of piperidine rings is 1. The van der Waals surface area contributed by atoms with Gasteiger partial charge in [0.2, 0.25) is 10.0 Å². The van der Waals surface area contributed by atoms with Crippen LogP contribution in [-0.2, 0) is 22.0 Å². The van der Waals surface area contributed by atoms with E-state index in [9.17, 15) is 26.4 Å². The molecule has 1 aromatic carbocycles. The number of H-pyrrole nitrogens is 1. The first-order valence-corrected chi connectivity index (χ1v) is 18.6. The summed E-state index contributed by atoms with van der Waals surface area (Å²) in [6, 6.07) is 6.64. The summed E-state index contributed by atoms with van der Waals surface area (Å²) < 4.78 is 69.1. The number of amides is 1. The lowest BCUT2D eigenvalue weighted by Crippen LogP contribution is -2.47. The summed E-state index contributed by atoms with van der Waals surface area (Å²) in [4.78, 5) is 16.4. The minimum Gasteiger partial charge on any atom is -0.406 e. The van der Waals surface area contributed by atoms with E-state index in [0.29, 0.717) is 44.1 Å². The molecule has 12 heteroatoms. The molecule has 0 bridgehead atoms. The van der Waals surface area contributed by atoms with Gasteiger partial charge in [0.25, 0.3) is 5.91 Å². The van der Waals surface area contributed by atoms with E-state index in [0.717, 1.165) is 57.2 Å². The molecule has 5 rings (SSSR count). The highest BCUT2D eigenvalue weighted by Gasteiger charge is 2.37. The van der Waals surface area contributed by atoms with Gasteiger partial charge in [-0.05, 0) is 61.8 Å². The van der Waals surface area contributed by atoms with E-state index in [2.05, 4.69) is 26.4 Å². The van der Waals surface area contributed by atoms with Crippen LogP contribution in [-0.4, -0.2) is 56.2 Å². The number of nitrogens with zero attached hydrogens (tertiary/aromatic N) is 1. The van der Waals surface area contributed by atoms with E-state index in [4.69, 9.17) is 0 Å². The number of hydrogen-bond acceptors (Lipinski definition) is 5. The molecule has 1 spiro atoms. The minimum absolute atomic E-state index is 0.0343. The van der Waals surface area contributed by atoms with E-state index in [1.54, 1.807) is 0 Å². The van der Waals surface area contributed by atoms with E-state index in [1.165, 1.54) is 79.1 Å². The largest absolute Gasteiger partial charge is 0.573 e. The Kier molecular flexibility index (Phi) is 11.8.